The molecule has 0 aromatic heterocycles. The second-order valence-corrected chi connectivity index (χ2v) is 5.35. The van der Waals surface area contributed by atoms with Crippen molar-refractivity contribution < 1.29 is 19.1 Å². The fourth-order valence-electron chi connectivity index (χ4n) is 2.34. The first-order valence-electron chi connectivity index (χ1n) is 6.66. The second kappa shape index (κ2) is 6.87. The summed E-state index contributed by atoms with van der Waals surface area (Å²) >= 11 is 5.60. The van der Waals surface area contributed by atoms with E-state index in [1.54, 1.807) is 9.80 Å². The smallest absolute Gasteiger partial charge is 0.317 e. The molecule has 1 aliphatic rings. The maximum atomic E-state index is 13.4. The minimum absolute atomic E-state index is 0.0185. The van der Waals surface area contributed by atoms with Crippen molar-refractivity contribution in [3.63, 3.8) is 0 Å². The number of carboxylic acid groups (broad SMARTS) is 1. The lowest BCUT2D eigenvalue weighted by Crippen LogP contribution is -2.36. The van der Waals surface area contributed by atoms with Crippen molar-refractivity contribution in [1.82, 2.24) is 9.80 Å². The van der Waals surface area contributed by atoms with Crippen molar-refractivity contribution in [3.8, 4) is 0 Å². The topological polar surface area (TPSA) is 60.9 Å². The molecule has 1 aliphatic heterocycles. The summed E-state index contributed by atoms with van der Waals surface area (Å²) in [6.45, 7) is 2.05. The van der Waals surface area contributed by atoms with Gasteiger partial charge in [0.2, 0.25) is 0 Å². The molecular formula is C14H16ClFN2O3. The van der Waals surface area contributed by atoms with Gasteiger partial charge in [-0.15, -0.1) is 0 Å². The van der Waals surface area contributed by atoms with Crippen LogP contribution >= 0.6 is 11.6 Å². The highest BCUT2D eigenvalue weighted by Gasteiger charge is 2.21. The Morgan fingerprint density at radius 1 is 1.24 bits per heavy atom. The molecule has 0 spiro atoms. The molecule has 114 valence electrons. The highest BCUT2D eigenvalue weighted by atomic mass is 35.5. The van der Waals surface area contributed by atoms with Gasteiger partial charge in [0.15, 0.2) is 0 Å². The van der Waals surface area contributed by atoms with E-state index in [1.807, 2.05) is 0 Å². The van der Waals surface area contributed by atoms with Gasteiger partial charge < -0.3 is 10.0 Å². The Morgan fingerprint density at radius 2 is 2.00 bits per heavy atom. The minimum atomic E-state index is -0.880. The molecule has 0 aliphatic carbocycles. The van der Waals surface area contributed by atoms with Crippen LogP contribution in [0.1, 0.15) is 16.8 Å². The van der Waals surface area contributed by atoms with Gasteiger partial charge in [0.25, 0.3) is 5.91 Å². The average molecular weight is 315 g/mol. The van der Waals surface area contributed by atoms with Crippen LogP contribution < -0.4 is 0 Å². The SMILES string of the molecule is O=C(O)CN1CCCN(C(=O)c2ccc(Cl)c(F)c2)CC1. The summed E-state index contributed by atoms with van der Waals surface area (Å²) < 4.78 is 13.4. The van der Waals surface area contributed by atoms with Crippen molar-refractivity contribution in [2.75, 3.05) is 32.7 Å². The summed E-state index contributed by atoms with van der Waals surface area (Å²) in [5.41, 5.74) is 0.253. The first-order chi connectivity index (χ1) is 9.97. The Morgan fingerprint density at radius 3 is 2.67 bits per heavy atom. The summed E-state index contributed by atoms with van der Waals surface area (Å²) in [7, 11) is 0. The van der Waals surface area contributed by atoms with E-state index in [4.69, 9.17) is 16.7 Å². The number of halogens is 2. The van der Waals surface area contributed by atoms with Crippen LogP contribution in [-0.4, -0.2) is 59.5 Å². The Hall–Kier alpha value is -1.66. The van der Waals surface area contributed by atoms with E-state index in [-0.39, 0.29) is 23.0 Å². The molecule has 21 heavy (non-hydrogen) atoms. The fraction of sp³-hybridized carbons (Fsp3) is 0.429. The quantitative estimate of drug-likeness (QED) is 0.922. The highest BCUT2D eigenvalue weighted by molar-refractivity contribution is 6.30. The molecule has 1 amide bonds. The van der Waals surface area contributed by atoms with E-state index >= 15 is 0 Å². The van der Waals surface area contributed by atoms with E-state index in [0.29, 0.717) is 32.6 Å². The van der Waals surface area contributed by atoms with Crippen LogP contribution in [0.25, 0.3) is 0 Å². The lowest BCUT2D eigenvalue weighted by molar-refractivity contribution is -0.138. The average Bonchev–Trinajstić information content (AvgIpc) is 2.66. The largest absolute Gasteiger partial charge is 0.480 e. The first-order valence-corrected chi connectivity index (χ1v) is 7.03. The molecule has 1 N–H and O–H groups in total. The number of aliphatic carboxylic acids is 1. The van der Waals surface area contributed by atoms with Gasteiger partial charge in [0, 0.05) is 31.7 Å². The zero-order valence-corrected chi connectivity index (χ0v) is 12.1. The number of carbonyl (C=O) groups is 2. The fourth-order valence-corrected chi connectivity index (χ4v) is 2.45. The molecule has 1 heterocycles. The van der Waals surface area contributed by atoms with Gasteiger partial charge in [-0.2, -0.15) is 0 Å². The number of hydrogen-bond donors (Lipinski definition) is 1. The maximum Gasteiger partial charge on any atom is 0.317 e. The molecule has 1 saturated heterocycles. The standard InChI is InChI=1S/C14H16ClFN2O3/c15-11-3-2-10(8-12(11)16)14(21)18-5-1-4-17(6-7-18)9-13(19)20/h2-3,8H,1,4-7,9H2,(H,19,20). The monoisotopic (exact) mass is 314 g/mol. The molecule has 5 nitrogen and oxygen atoms in total. The Balaban J connectivity index is 2.02. The van der Waals surface area contributed by atoms with Crippen molar-refractivity contribution in [2.24, 2.45) is 0 Å². The molecule has 0 atom stereocenters. The van der Waals surface area contributed by atoms with Crippen LogP contribution in [0.5, 0.6) is 0 Å². The van der Waals surface area contributed by atoms with Crippen LogP contribution in [-0.2, 0) is 4.79 Å². The normalized spacial score (nSPS) is 16.6. The molecule has 7 heteroatoms. The number of rotatable bonds is 3. The number of amides is 1. The number of carbonyl (C=O) groups excluding carboxylic acids is 1. The van der Waals surface area contributed by atoms with Gasteiger partial charge in [0.1, 0.15) is 5.82 Å². The third-order valence-electron chi connectivity index (χ3n) is 3.40. The number of hydrogen-bond acceptors (Lipinski definition) is 3. The lowest BCUT2D eigenvalue weighted by Gasteiger charge is -2.21. The zero-order valence-electron chi connectivity index (χ0n) is 11.4. The number of benzene rings is 1. The summed E-state index contributed by atoms with van der Waals surface area (Å²) in [6, 6.07) is 3.98. The van der Waals surface area contributed by atoms with Crippen molar-refractivity contribution in [1.29, 1.82) is 0 Å². The summed E-state index contributed by atoms with van der Waals surface area (Å²) in [6.07, 6.45) is 0.690. The van der Waals surface area contributed by atoms with Crippen LogP contribution in [0.2, 0.25) is 5.02 Å². The third-order valence-corrected chi connectivity index (χ3v) is 3.71. The van der Waals surface area contributed by atoms with E-state index in [1.165, 1.54) is 12.1 Å². The lowest BCUT2D eigenvalue weighted by atomic mass is 10.2. The zero-order chi connectivity index (χ0) is 15.4. The molecule has 2 rings (SSSR count). The van der Waals surface area contributed by atoms with Crippen LogP contribution in [0.15, 0.2) is 18.2 Å². The van der Waals surface area contributed by atoms with Crippen LogP contribution in [0.3, 0.4) is 0 Å². The van der Waals surface area contributed by atoms with Gasteiger partial charge in [-0.3, -0.25) is 14.5 Å². The van der Waals surface area contributed by atoms with Gasteiger partial charge >= 0.3 is 5.97 Å². The van der Waals surface area contributed by atoms with Crippen LogP contribution in [0, 0.1) is 5.82 Å². The minimum Gasteiger partial charge on any atom is -0.480 e. The second-order valence-electron chi connectivity index (χ2n) is 4.94. The Bertz CT molecular complexity index is 553. The molecule has 0 saturated carbocycles. The Labute approximate surface area is 126 Å². The predicted molar refractivity (Wildman–Crippen MR) is 76.0 cm³/mol. The van der Waals surface area contributed by atoms with E-state index in [9.17, 15) is 14.0 Å². The number of carboxylic acids is 1. The molecule has 1 aromatic rings. The van der Waals surface area contributed by atoms with Crippen molar-refractivity contribution >= 4 is 23.5 Å². The molecule has 0 radical (unpaired) electrons. The van der Waals surface area contributed by atoms with E-state index in [2.05, 4.69) is 0 Å². The van der Waals surface area contributed by atoms with Gasteiger partial charge in [-0.05, 0) is 24.6 Å². The van der Waals surface area contributed by atoms with E-state index < -0.39 is 11.8 Å². The highest BCUT2D eigenvalue weighted by Crippen LogP contribution is 2.17. The summed E-state index contributed by atoms with van der Waals surface area (Å²) in [4.78, 5) is 26.4. The van der Waals surface area contributed by atoms with Crippen LogP contribution in [0.4, 0.5) is 4.39 Å². The maximum absolute atomic E-state index is 13.4. The van der Waals surface area contributed by atoms with Gasteiger partial charge in [-0.1, -0.05) is 11.6 Å². The molecular weight excluding hydrogens is 299 g/mol. The summed E-state index contributed by atoms with van der Waals surface area (Å²) in [5, 5.41) is 8.77. The Kier molecular flexibility index (Phi) is 5.14. The molecule has 0 bridgehead atoms. The predicted octanol–water partition coefficient (Wildman–Crippen LogP) is 1.71. The first kappa shape index (κ1) is 15.7. The van der Waals surface area contributed by atoms with Crippen molar-refractivity contribution in [3.05, 3.63) is 34.6 Å². The van der Waals surface area contributed by atoms with E-state index in [0.717, 1.165) is 6.07 Å². The van der Waals surface area contributed by atoms with Gasteiger partial charge in [-0.25, -0.2) is 4.39 Å². The summed E-state index contributed by atoms with van der Waals surface area (Å²) in [5.74, 6) is -1.76. The third kappa shape index (κ3) is 4.15. The molecule has 0 unspecified atom stereocenters. The van der Waals surface area contributed by atoms with Crippen molar-refractivity contribution in [2.45, 2.75) is 6.42 Å². The molecule has 1 aromatic carbocycles. The van der Waals surface area contributed by atoms with Gasteiger partial charge in [0.05, 0.1) is 11.6 Å². The molecule has 1 fully saturated rings. The number of nitrogens with zero attached hydrogens (tertiary/aromatic N) is 2.